The van der Waals surface area contributed by atoms with Crippen molar-refractivity contribution in [1.82, 2.24) is 39.0 Å². The van der Waals surface area contributed by atoms with Crippen molar-refractivity contribution in [2.45, 2.75) is 47.0 Å². The van der Waals surface area contributed by atoms with Gasteiger partial charge in [0.15, 0.2) is 31.7 Å². The van der Waals surface area contributed by atoms with Crippen LogP contribution in [0.2, 0.25) is 0 Å². The second kappa shape index (κ2) is 24.0. The first kappa shape index (κ1) is 56.4. The molecule has 0 aliphatic heterocycles. The van der Waals surface area contributed by atoms with Crippen molar-refractivity contribution >= 4 is 54.9 Å². The van der Waals surface area contributed by atoms with Gasteiger partial charge in [0.1, 0.15) is 46.3 Å². The summed E-state index contributed by atoms with van der Waals surface area (Å²) in [6.07, 6.45) is 6.83. The fourth-order valence-corrected chi connectivity index (χ4v) is 11.7. The number of anilines is 2. The van der Waals surface area contributed by atoms with Gasteiger partial charge in [0.25, 0.3) is 20.0 Å². The first-order valence-corrected chi connectivity index (χ1v) is 29.5. The Balaban J connectivity index is 0.000000194. The first-order chi connectivity index (χ1) is 38.5. The number of aromatic nitrogens is 8. The molecule has 0 bridgehead atoms. The Morgan fingerprint density at radius 3 is 1.31 bits per heavy atom. The lowest BCUT2D eigenvalue weighted by Gasteiger charge is -2.15. The van der Waals surface area contributed by atoms with Crippen LogP contribution in [0.1, 0.15) is 13.8 Å². The standard InChI is InChI=1S/2C28H22F3N5O2S2/c1-3-36-25(24(22-15-16-32-28(33-22)39-2)34-27(36)17-9-5-4-6-10-17)18-11-7-14-21(23(18)31)35-40(37,38)26-19(29)12-8-13-20(26)30;1-3-36-25(22-15-16-32-28(33-22)39-2)24(34-27(36)17-9-5-4-6-10-17)18-11-7-14-21(23(18)31)35-40(37,38)26-19(29)12-8-13-20(26)30/h2*4-16,35H,3H2,1-2H3. The monoisotopic (exact) mass is 1160 g/mol. The van der Waals surface area contributed by atoms with Crippen LogP contribution >= 0.6 is 23.5 Å². The highest BCUT2D eigenvalue weighted by molar-refractivity contribution is 7.98. The van der Waals surface area contributed by atoms with E-state index in [0.29, 0.717) is 63.5 Å². The lowest BCUT2D eigenvalue weighted by atomic mass is 10.1. The predicted molar refractivity (Wildman–Crippen MR) is 297 cm³/mol. The molecule has 80 heavy (non-hydrogen) atoms. The van der Waals surface area contributed by atoms with Gasteiger partial charge in [0, 0.05) is 47.7 Å². The number of hydrogen-bond acceptors (Lipinski definition) is 12. The van der Waals surface area contributed by atoms with Gasteiger partial charge in [-0.15, -0.1) is 0 Å². The van der Waals surface area contributed by atoms with Crippen LogP contribution < -0.4 is 9.44 Å². The summed E-state index contributed by atoms with van der Waals surface area (Å²) >= 11 is 2.68. The van der Waals surface area contributed by atoms with E-state index < -0.39 is 76.1 Å². The molecule has 0 saturated carbocycles. The van der Waals surface area contributed by atoms with E-state index in [-0.39, 0.29) is 16.8 Å². The summed E-state index contributed by atoms with van der Waals surface area (Å²) in [5, 5.41) is 0.993. The molecule has 0 amide bonds. The number of nitrogens with one attached hydrogen (secondary N) is 2. The third kappa shape index (κ3) is 11.4. The summed E-state index contributed by atoms with van der Waals surface area (Å²) in [5.74, 6) is -6.00. The summed E-state index contributed by atoms with van der Waals surface area (Å²) in [6.45, 7) is 4.65. The molecule has 10 aromatic rings. The molecule has 0 aliphatic carbocycles. The zero-order chi connectivity index (χ0) is 56.9. The predicted octanol–water partition coefficient (Wildman–Crippen LogP) is 13.3. The van der Waals surface area contributed by atoms with E-state index >= 15 is 8.78 Å². The minimum Gasteiger partial charge on any atom is -0.324 e. The van der Waals surface area contributed by atoms with Crippen molar-refractivity contribution in [3.63, 3.8) is 0 Å². The van der Waals surface area contributed by atoms with E-state index in [2.05, 4.69) is 19.9 Å². The molecule has 4 heterocycles. The average molecular weight is 1160 g/mol. The van der Waals surface area contributed by atoms with Crippen molar-refractivity contribution in [3.05, 3.63) is 193 Å². The van der Waals surface area contributed by atoms with E-state index in [1.165, 1.54) is 59.9 Å². The summed E-state index contributed by atoms with van der Waals surface area (Å²) < 4.78 is 149. The maximum Gasteiger partial charge on any atom is 0.267 e. The van der Waals surface area contributed by atoms with E-state index in [0.717, 1.165) is 47.5 Å². The van der Waals surface area contributed by atoms with Crippen LogP contribution in [0, 0.1) is 34.9 Å². The lowest BCUT2D eigenvalue weighted by Crippen LogP contribution is -2.17. The highest BCUT2D eigenvalue weighted by Crippen LogP contribution is 2.41. The van der Waals surface area contributed by atoms with Gasteiger partial charge < -0.3 is 9.13 Å². The van der Waals surface area contributed by atoms with Gasteiger partial charge in [-0.1, -0.05) is 108 Å². The van der Waals surface area contributed by atoms with Crippen molar-refractivity contribution in [2.75, 3.05) is 22.0 Å². The zero-order valence-corrected chi connectivity index (χ0v) is 45.8. The normalized spacial score (nSPS) is 11.5. The molecule has 14 nitrogen and oxygen atoms in total. The molecule has 2 N–H and O–H groups in total. The molecule has 408 valence electrons. The zero-order valence-electron chi connectivity index (χ0n) is 42.5. The fourth-order valence-electron chi connectivity index (χ4n) is 8.64. The van der Waals surface area contributed by atoms with Crippen LogP contribution in [0.3, 0.4) is 0 Å². The summed E-state index contributed by atoms with van der Waals surface area (Å²) in [5.41, 5.74) is 2.92. The van der Waals surface area contributed by atoms with Gasteiger partial charge in [-0.2, -0.15) is 0 Å². The number of hydrogen-bond donors (Lipinski definition) is 2. The maximum absolute atomic E-state index is 16.2. The Morgan fingerprint density at radius 2 is 0.850 bits per heavy atom. The van der Waals surface area contributed by atoms with E-state index in [9.17, 15) is 34.4 Å². The van der Waals surface area contributed by atoms with E-state index in [4.69, 9.17) is 9.97 Å². The minimum atomic E-state index is -4.81. The minimum absolute atomic E-state index is 0.0186. The van der Waals surface area contributed by atoms with Crippen molar-refractivity contribution in [3.8, 4) is 68.1 Å². The summed E-state index contributed by atoms with van der Waals surface area (Å²) in [7, 11) is -9.61. The molecule has 0 aliphatic rings. The Bertz CT molecular complexity index is 4080. The summed E-state index contributed by atoms with van der Waals surface area (Å²) in [6, 6.07) is 35.5. The van der Waals surface area contributed by atoms with Crippen LogP contribution in [0.4, 0.5) is 37.7 Å². The van der Waals surface area contributed by atoms with E-state index in [1.807, 2.05) is 101 Å². The molecule has 0 spiro atoms. The number of thioether (sulfide) groups is 2. The van der Waals surface area contributed by atoms with Gasteiger partial charge in [0.2, 0.25) is 0 Å². The topological polar surface area (TPSA) is 180 Å². The SMILES string of the molecule is CCn1c(-c2ccccc2)nc(-c2cccc(NS(=O)(=O)c3c(F)cccc3F)c2F)c1-c1ccnc(SC)n1.CCn1c(-c2ccccc2)nc(-c2ccnc(SC)n2)c1-c1cccc(NS(=O)(=O)c2c(F)cccc2F)c1F. The number of halogens is 6. The van der Waals surface area contributed by atoms with Crippen molar-refractivity contribution in [1.29, 1.82) is 0 Å². The van der Waals surface area contributed by atoms with E-state index in [1.54, 1.807) is 29.1 Å². The second-order valence-electron chi connectivity index (χ2n) is 17.0. The average Bonchev–Trinajstić information content (AvgIpc) is 4.23. The summed E-state index contributed by atoms with van der Waals surface area (Å²) in [4.78, 5) is 24.9. The second-order valence-corrected chi connectivity index (χ2v) is 21.8. The van der Waals surface area contributed by atoms with Gasteiger partial charge in [-0.05, 0) is 87.0 Å². The van der Waals surface area contributed by atoms with Gasteiger partial charge in [0.05, 0.1) is 34.2 Å². The largest absolute Gasteiger partial charge is 0.324 e. The molecule has 0 radical (unpaired) electrons. The number of nitrogens with zero attached hydrogens (tertiary/aromatic N) is 8. The van der Waals surface area contributed by atoms with Gasteiger partial charge in [-0.3, -0.25) is 9.44 Å². The Labute approximate surface area is 464 Å². The Kier molecular flexibility index (Phi) is 16.9. The first-order valence-electron chi connectivity index (χ1n) is 24.1. The van der Waals surface area contributed by atoms with Crippen LogP contribution in [-0.4, -0.2) is 68.4 Å². The smallest absolute Gasteiger partial charge is 0.267 e. The molecule has 10 rings (SSSR count). The molecule has 0 fully saturated rings. The fraction of sp³-hybridized carbons (Fsp3) is 0.107. The number of rotatable bonds is 16. The molecule has 4 aromatic heterocycles. The number of sulfonamides is 2. The van der Waals surface area contributed by atoms with Crippen LogP contribution in [0.5, 0.6) is 0 Å². The quantitative estimate of drug-likeness (QED) is 0.0532. The Morgan fingerprint density at radius 1 is 0.450 bits per heavy atom. The molecule has 0 saturated heterocycles. The van der Waals surface area contributed by atoms with Gasteiger partial charge >= 0.3 is 0 Å². The van der Waals surface area contributed by atoms with Crippen molar-refractivity contribution in [2.24, 2.45) is 0 Å². The van der Waals surface area contributed by atoms with Crippen molar-refractivity contribution < 1.29 is 43.2 Å². The molecular formula is C56H44F6N10O4S4. The maximum atomic E-state index is 16.2. The molecule has 0 atom stereocenters. The third-order valence-electron chi connectivity index (χ3n) is 12.1. The Hall–Kier alpha value is -8.32. The molecule has 6 aromatic carbocycles. The van der Waals surface area contributed by atoms with Crippen LogP contribution in [0.25, 0.3) is 68.1 Å². The molecule has 24 heteroatoms. The van der Waals surface area contributed by atoms with Crippen LogP contribution in [0.15, 0.2) is 178 Å². The highest BCUT2D eigenvalue weighted by Gasteiger charge is 2.31. The molecular weight excluding hydrogens is 1120 g/mol. The molecule has 0 unspecified atom stereocenters. The van der Waals surface area contributed by atoms with Gasteiger partial charge in [-0.25, -0.2) is 73.1 Å². The highest BCUT2D eigenvalue weighted by atomic mass is 32.2. The van der Waals surface area contributed by atoms with Crippen LogP contribution in [-0.2, 0) is 33.1 Å². The lowest BCUT2D eigenvalue weighted by molar-refractivity contribution is 0.519. The third-order valence-corrected chi connectivity index (χ3v) is 16.1. The number of benzene rings is 6. The number of imidazole rings is 2.